The molecule has 0 saturated carbocycles. The van der Waals surface area contributed by atoms with Crippen molar-refractivity contribution in [3.63, 3.8) is 0 Å². The maximum atomic E-state index is 11.8. The van der Waals surface area contributed by atoms with E-state index in [1.165, 1.54) is 18.7 Å². The van der Waals surface area contributed by atoms with Crippen LogP contribution < -0.4 is 5.32 Å². The van der Waals surface area contributed by atoms with Crippen molar-refractivity contribution in [3.05, 3.63) is 48.2 Å². The van der Waals surface area contributed by atoms with Gasteiger partial charge in [0, 0.05) is 0 Å². The topological polar surface area (TPSA) is 88.2 Å². The first-order chi connectivity index (χ1) is 8.31. The van der Waals surface area contributed by atoms with Crippen molar-refractivity contribution in [3.8, 4) is 0 Å². The van der Waals surface area contributed by atoms with Crippen LogP contribution in [0.2, 0.25) is 0 Å². The van der Waals surface area contributed by atoms with E-state index in [4.69, 9.17) is 4.42 Å². The van der Waals surface area contributed by atoms with Gasteiger partial charge in [-0.3, -0.25) is 4.79 Å². The van der Waals surface area contributed by atoms with E-state index in [1.807, 2.05) is 0 Å². The molecule has 6 nitrogen and oxygen atoms in total. The first kappa shape index (κ1) is 11.3. The summed E-state index contributed by atoms with van der Waals surface area (Å²) >= 11 is 0. The molecule has 2 aromatic rings. The molecule has 0 fully saturated rings. The van der Waals surface area contributed by atoms with E-state index in [2.05, 4.69) is 15.5 Å². The van der Waals surface area contributed by atoms with Crippen LogP contribution in [0.15, 0.2) is 41.3 Å². The number of carbonyl (C=O) groups is 1. The molecule has 1 atom stereocenters. The van der Waals surface area contributed by atoms with Gasteiger partial charge in [-0.05, 0) is 18.2 Å². The first-order valence-corrected chi connectivity index (χ1v) is 5.03. The number of aliphatic hydroxyl groups excluding tert-OH is 1. The lowest BCUT2D eigenvalue weighted by atomic mass is 10.2. The lowest BCUT2D eigenvalue weighted by molar-refractivity contribution is 0.0906. The number of hydrogen-bond acceptors (Lipinski definition) is 5. The van der Waals surface area contributed by atoms with E-state index >= 15 is 0 Å². The number of furan rings is 1. The van der Waals surface area contributed by atoms with Crippen LogP contribution in [0.5, 0.6) is 0 Å². The molecule has 2 aromatic heterocycles. The molecule has 0 saturated heterocycles. The summed E-state index contributed by atoms with van der Waals surface area (Å²) in [4.78, 5) is 11.8. The van der Waals surface area contributed by atoms with E-state index in [1.54, 1.807) is 18.2 Å². The number of amides is 1. The molecule has 0 bridgehead atoms. The molecule has 2 rings (SSSR count). The van der Waals surface area contributed by atoms with Crippen LogP contribution in [-0.2, 0) is 0 Å². The molecule has 0 aliphatic heterocycles. The summed E-state index contributed by atoms with van der Waals surface area (Å²) in [7, 11) is 0. The zero-order valence-electron chi connectivity index (χ0n) is 8.91. The Morgan fingerprint density at radius 3 is 2.94 bits per heavy atom. The number of aromatic nitrogens is 2. The van der Waals surface area contributed by atoms with Crippen LogP contribution in [0.25, 0.3) is 0 Å². The summed E-state index contributed by atoms with van der Waals surface area (Å²) in [6, 6.07) is 4.36. The summed E-state index contributed by atoms with van der Waals surface area (Å²) in [5, 5.41) is 19.0. The Bertz CT molecular complexity index is 470. The second-order valence-electron chi connectivity index (χ2n) is 3.36. The third-order valence-electron chi connectivity index (χ3n) is 2.22. The van der Waals surface area contributed by atoms with Gasteiger partial charge in [-0.2, -0.15) is 10.2 Å². The highest BCUT2D eigenvalue weighted by Gasteiger charge is 2.17. The Balaban J connectivity index is 2.08. The van der Waals surface area contributed by atoms with E-state index in [0.29, 0.717) is 11.3 Å². The molecular formula is C11H11N3O3. The largest absolute Gasteiger partial charge is 0.467 e. The van der Waals surface area contributed by atoms with Gasteiger partial charge in [0.1, 0.15) is 11.8 Å². The lowest BCUT2D eigenvalue weighted by Crippen LogP contribution is -2.30. The van der Waals surface area contributed by atoms with Crippen molar-refractivity contribution in [2.75, 3.05) is 6.61 Å². The van der Waals surface area contributed by atoms with Crippen LogP contribution in [-0.4, -0.2) is 27.8 Å². The molecule has 0 aromatic carbocycles. The Labute approximate surface area is 97.3 Å². The molecule has 0 radical (unpaired) electrons. The Hall–Kier alpha value is -2.21. The van der Waals surface area contributed by atoms with Crippen molar-refractivity contribution in [2.24, 2.45) is 0 Å². The predicted octanol–water partition coefficient (Wildman–Crippen LogP) is 0.533. The molecule has 6 heteroatoms. The van der Waals surface area contributed by atoms with E-state index in [-0.39, 0.29) is 12.5 Å². The van der Waals surface area contributed by atoms with Gasteiger partial charge in [-0.15, -0.1) is 0 Å². The fourth-order valence-corrected chi connectivity index (χ4v) is 1.36. The Morgan fingerprint density at radius 2 is 2.35 bits per heavy atom. The number of hydrogen-bond donors (Lipinski definition) is 2. The standard InChI is InChI=1S/C11H11N3O3/c15-7-9(10-2-1-5-17-10)14-11(16)8-3-4-12-13-6-8/h1-6,9,15H,7H2,(H,14,16). The molecule has 88 valence electrons. The van der Waals surface area contributed by atoms with Crippen LogP contribution in [0, 0.1) is 0 Å². The van der Waals surface area contributed by atoms with Gasteiger partial charge in [-0.1, -0.05) is 0 Å². The summed E-state index contributed by atoms with van der Waals surface area (Å²) in [5.74, 6) is 0.165. The number of rotatable bonds is 4. The molecule has 0 aliphatic carbocycles. The monoisotopic (exact) mass is 233 g/mol. The van der Waals surface area contributed by atoms with Gasteiger partial charge in [0.2, 0.25) is 0 Å². The van der Waals surface area contributed by atoms with Gasteiger partial charge >= 0.3 is 0 Å². The molecule has 17 heavy (non-hydrogen) atoms. The van der Waals surface area contributed by atoms with Gasteiger partial charge in [0.05, 0.1) is 30.8 Å². The lowest BCUT2D eigenvalue weighted by Gasteiger charge is -2.13. The highest BCUT2D eigenvalue weighted by atomic mass is 16.3. The van der Waals surface area contributed by atoms with Crippen LogP contribution in [0.4, 0.5) is 0 Å². The third-order valence-corrected chi connectivity index (χ3v) is 2.22. The Kier molecular flexibility index (Phi) is 3.46. The summed E-state index contributed by atoms with van der Waals surface area (Å²) in [6.45, 7) is -0.238. The average Bonchev–Trinajstić information content (AvgIpc) is 2.90. The van der Waals surface area contributed by atoms with E-state index in [0.717, 1.165) is 0 Å². The highest BCUT2D eigenvalue weighted by molar-refractivity contribution is 5.93. The second kappa shape index (κ2) is 5.22. The van der Waals surface area contributed by atoms with E-state index in [9.17, 15) is 9.90 Å². The fourth-order valence-electron chi connectivity index (χ4n) is 1.36. The molecule has 0 spiro atoms. The van der Waals surface area contributed by atoms with Gasteiger partial charge in [0.15, 0.2) is 0 Å². The number of aliphatic hydroxyl groups is 1. The van der Waals surface area contributed by atoms with Crippen molar-refractivity contribution in [1.82, 2.24) is 15.5 Å². The van der Waals surface area contributed by atoms with E-state index < -0.39 is 6.04 Å². The Morgan fingerprint density at radius 1 is 1.47 bits per heavy atom. The number of nitrogens with one attached hydrogen (secondary N) is 1. The minimum absolute atomic E-state index is 0.238. The first-order valence-electron chi connectivity index (χ1n) is 5.03. The molecular weight excluding hydrogens is 222 g/mol. The van der Waals surface area contributed by atoms with Gasteiger partial charge < -0.3 is 14.8 Å². The fraction of sp³-hybridized carbons (Fsp3) is 0.182. The highest BCUT2D eigenvalue weighted by Crippen LogP contribution is 2.13. The molecule has 2 heterocycles. The maximum absolute atomic E-state index is 11.8. The van der Waals surface area contributed by atoms with Gasteiger partial charge in [0.25, 0.3) is 5.91 Å². The van der Waals surface area contributed by atoms with Crippen molar-refractivity contribution < 1.29 is 14.3 Å². The summed E-state index contributed by atoms with van der Waals surface area (Å²) in [6.07, 6.45) is 4.26. The minimum Gasteiger partial charge on any atom is -0.467 e. The van der Waals surface area contributed by atoms with Crippen molar-refractivity contribution >= 4 is 5.91 Å². The zero-order chi connectivity index (χ0) is 12.1. The van der Waals surface area contributed by atoms with Crippen molar-refractivity contribution in [1.29, 1.82) is 0 Å². The smallest absolute Gasteiger partial charge is 0.253 e. The van der Waals surface area contributed by atoms with Crippen LogP contribution in [0.3, 0.4) is 0 Å². The third kappa shape index (κ3) is 2.67. The molecule has 1 unspecified atom stereocenters. The molecule has 2 N–H and O–H groups in total. The quantitative estimate of drug-likeness (QED) is 0.804. The summed E-state index contributed by atoms with van der Waals surface area (Å²) < 4.78 is 5.12. The number of nitrogens with zero attached hydrogens (tertiary/aromatic N) is 2. The zero-order valence-corrected chi connectivity index (χ0v) is 8.91. The van der Waals surface area contributed by atoms with Gasteiger partial charge in [-0.25, -0.2) is 0 Å². The second-order valence-corrected chi connectivity index (χ2v) is 3.36. The molecule has 1 amide bonds. The molecule has 0 aliphatic rings. The minimum atomic E-state index is -0.564. The SMILES string of the molecule is O=C(NC(CO)c1ccco1)c1ccnnc1. The number of carbonyl (C=O) groups excluding carboxylic acids is 1. The van der Waals surface area contributed by atoms with Crippen LogP contribution in [0.1, 0.15) is 22.2 Å². The predicted molar refractivity (Wildman–Crippen MR) is 58.0 cm³/mol. The normalized spacial score (nSPS) is 12.1. The van der Waals surface area contributed by atoms with Crippen molar-refractivity contribution in [2.45, 2.75) is 6.04 Å². The van der Waals surface area contributed by atoms with Crippen LogP contribution >= 0.6 is 0 Å². The average molecular weight is 233 g/mol. The summed E-state index contributed by atoms with van der Waals surface area (Å²) in [5.41, 5.74) is 0.380. The maximum Gasteiger partial charge on any atom is 0.253 e.